The molecule has 4 saturated carbocycles. The van der Waals surface area contributed by atoms with Crippen LogP contribution in [-0.4, -0.2) is 15.7 Å². The van der Waals surface area contributed by atoms with Gasteiger partial charge in [0.25, 0.3) is 0 Å². The second-order valence-electron chi connectivity index (χ2n) is 6.82. The standard InChI is InChI=1S/C15H21N3O/c1-18-3-2-13(17-18)16-15(19)14-11-5-9-4-10(7-11)8-12(14)6-9/h2-3,9-12,14H,4-8H2,1H3,(H,16,17,19). The normalized spacial score (nSPS) is 39.5. The summed E-state index contributed by atoms with van der Waals surface area (Å²) < 4.78 is 1.73. The van der Waals surface area contributed by atoms with E-state index in [0.29, 0.717) is 17.7 Å². The number of aromatic nitrogens is 2. The number of aryl methyl sites for hydroxylation is 1. The maximum absolute atomic E-state index is 12.6. The van der Waals surface area contributed by atoms with Crippen molar-refractivity contribution in [3.05, 3.63) is 12.3 Å². The fraction of sp³-hybridized carbons (Fsp3) is 0.733. The molecule has 4 nitrogen and oxygen atoms in total. The predicted molar refractivity (Wildman–Crippen MR) is 72.4 cm³/mol. The van der Waals surface area contributed by atoms with E-state index >= 15 is 0 Å². The van der Waals surface area contributed by atoms with Crippen LogP contribution in [0.15, 0.2) is 12.3 Å². The topological polar surface area (TPSA) is 46.9 Å². The van der Waals surface area contributed by atoms with Crippen LogP contribution in [0.4, 0.5) is 5.82 Å². The van der Waals surface area contributed by atoms with Crippen molar-refractivity contribution in [2.45, 2.75) is 32.1 Å². The van der Waals surface area contributed by atoms with Crippen molar-refractivity contribution in [2.75, 3.05) is 5.32 Å². The summed E-state index contributed by atoms with van der Waals surface area (Å²) in [7, 11) is 1.87. The molecule has 1 N–H and O–H groups in total. The average molecular weight is 259 g/mol. The minimum atomic E-state index is 0.215. The maximum atomic E-state index is 12.6. The summed E-state index contributed by atoms with van der Waals surface area (Å²) in [5.41, 5.74) is 0. The SMILES string of the molecule is Cn1ccc(NC(=O)C2C3CC4CC(C3)CC2C4)n1. The second kappa shape index (κ2) is 4.09. The average Bonchev–Trinajstić information content (AvgIpc) is 2.73. The molecule has 0 aliphatic heterocycles. The number of nitrogens with one attached hydrogen (secondary N) is 1. The number of rotatable bonds is 2. The zero-order chi connectivity index (χ0) is 13.0. The van der Waals surface area contributed by atoms with Crippen molar-refractivity contribution in [3.63, 3.8) is 0 Å². The fourth-order valence-electron chi connectivity index (χ4n) is 5.04. The third-order valence-electron chi connectivity index (χ3n) is 5.49. The highest BCUT2D eigenvalue weighted by molar-refractivity contribution is 5.92. The van der Waals surface area contributed by atoms with Crippen molar-refractivity contribution >= 4 is 11.7 Å². The largest absolute Gasteiger partial charge is 0.309 e. The van der Waals surface area contributed by atoms with Gasteiger partial charge in [-0.3, -0.25) is 9.48 Å². The van der Waals surface area contributed by atoms with Gasteiger partial charge in [-0.15, -0.1) is 0 Å². The van der Waals surface area contributed by atoms with Crippen LogP contribution in [0, 0.1) is 29.6 Å². The number of carbonyl (C=O) groups is 1. The highest BCUT2D eigenvalue weighted by Gasteiger charge is 2.50. The fourth-order valence-corrected chi connectivity index (χ4v) is 5.04. The Morgan fingerprint density at radius 2 is 1.84 bits per heavy atom. The van der Waals surface area contributed by atoms with Gasteiger partial charge in [0.05, 0.1) is 0 Å². The van der Waals surface area contributed by atoms with Gasteiger partial charge in [-0.25, -0.2) is 0 Å². The van der Waals surface area contributed by atoms with Crippen molar-refractivity contribution in [1.29, 1.82) is 0 Å². The lowest BCUT2D eigenvalue weighted by Gasteiger charge is -2.53. The van der Waals surface area contributed by atoms with Crippen molar-refractivity contribution < 1.29 is 4.79 Å². The number of hydrogen-bond donors (Lipinski definition) is 1. The molecule has 1 heterocycles. The Kier molecular flexibility index (Phi) is 2.47. The summed E-state index contributed by atoms with van der Waals surface area (Å²) in [6.07, 6.45) is 8.44. The highest BCUT2D eigenvalue weighted by Crippen LogP contribution is 2.56. The van der Waals surface area contributed by atoms with Crippen LogP contribution < -0.4 is 5.32 Å². The van der Waals surface area contributed by atoms with Gasteiger partial charge in [0.15, 0.2) is 5.82 Å². The predicted octanol–water partition coefficient (Wildman–Crippen LogP) is 2.43. The van der Waals surface area contributed by atoms with E-state index in [-0.39, 0.29) is 11.8 Å². The van der Waals surface area contributed by atoms with Crippen LogP contribution in [0.1, 0.15) is 32.1 Å². The van der Waals surface area contributed by atoms with Gasteiger partial charge in [-0.1, -0.05) is 0 Å². The van der Waals surface area contributed by atoms with Crippen molar-refractivity contribution in [1.82, 2.24) is 9.78 Å². The number of amides is 1. The third-order valence-corrected chi connectivity index (χ3v) is 5.49. The monoisotopic (exact) mass is 259 g/mol. The van der Waals surface area contributed by atoms with Gasteiger partial charge in [-0.05, 0) is 55.8 Å². The first-order valence-electron chi connectivity index (χ1n) is 7.49. The Labute approximate surface area is 113 Å². The summed E-state index contributed by atoms with van der Waals surface area (Å²) in [4.78, 5) is 12.6. The Morgan fingerprint density at radius 1 is 1.21 bits per heavy atom. The first-order chi connectivity index (χ1) is 9.19. The van der Waals surface area contributed by atoms with E-state index in [0.717, 1.165) is 11.8 Å². The van der Waals surface area contributed by atoms with Crippen LogP contribution in [0.2, 0.25) is 0 Å². The molecule has 4 bridgehead atoms. The molecule has 5 rings (SSSR count). The number of hydrogen-bond acceptors (Lipinski definition) is 2. The van der Waals surface area contributed by atoms with Crippen LogP contribution in [-0.2, 0) is 11.8 Å². The van der Waals surface area contributed by atoms with Crippen LogP contribution >= 0.6 is 0 Å². The van der Waals surface area contributed by atoms with Gasteiger partial charge >= 0.3 is 0 Å². The molecule has 4 aliphatic rings. The third kappa shape index (κ3) is 1.88. The summed E-state index contributed by atoms with van der Waals surface area (Å²) >= 11 is 0. The second-order valence-corrected chi connectivity index (χ2v) is 6.82. The van der Waals surface area contributed by atoms with Gasteiger partial charge in [0.1, 0.15) is 0 Å². The first kappa shape index (κ1) is 11.5. The zero-order valence-electron chi connectivity index (χ0n) is 11.4. The molecule has 4 heteroatoms. The van der Waals surface area contributed by atoms with Crippen molar-refractivity contribution in [3.8, 4) is 0 Å². The van der Waals surface area contributed by atoms with Crippen LogP contribution in [0.25, 0.3) is 0 Å². The molecular weight excluding hydrogens is 238 g/mol. The van der Waals surface area contributed by atoms with E-state index in [1.807, 2.05) is 19.3 Å². The Bertz CT molecular complexity index is 479. The summed E-state index contributed by atoms with van der Waals surface area (Å²) in [5, 5.41) is 7.27. The van der Waals surface area contributed by atoms with Crippen LogP contribution in [0.3, 0.4) is 0 Å². The van der Waals surface area contributed by atoms with E-state index in [9.17, 15) is 4.79 Å². The lowest BCUT2D eigenvalue weighted by Crippen LogP contribution is -2.49. The molecule has 4 aliphatic carbocycles. The lowest BCUT2D eigenvalue weighted by atomic mass is 9.51. The smallest absolute Gasteiger partial charge is 0.229 e. The summed E-state index contributed by atoms with van der Waals surface area (Å²) in [6, 6.07) is 1.87. The maximum Gasteiger partial charge on any atom is 0.229 e. The van der Waals surface area contributed by atoms with E-state index in [1.54, 1.807) is 4.68 Å². The minimum absolute atomic E-state index is 0.215. The molecule has 0 unspecified atom stereocenters. The zero-order valence-corrected chi connectivity index (χ0v) is 11.4. The molecule has 4 fully saturated rings. The minimum Gasteiger partial charge on any atom is -0.309 e. The van der Waals surface area contributed by atoms with E-state index in [4.69, 9.17) is 0 Å². The molecule has 0 aromatic carbocycles. The van der Waals surface area contributed by atoms with Gasteiger partial charge in [0.2, 0.25) is 5.91 Å². The molecule has 0 atom stereocenters. The molecule has 102 valence electrons. The molecule has 0 spiro atoms. The molecular formula is C15H21N3O. The molecule has 1 aromatic heterocycles. The molecule has 19 heavy (non-hydrogen) atoms. The van der Waals surface area contributed by atoms with Gasteiger partial charge < -0.3 is 5.32 Å². The summed E-state index contributed by atoms with van der Waals surface area (Å²) in [6.45, 7) is 0. The molecule has 1 amide bonds. The number of anilines is 1. The Hall–Kier alpha value is -1.32. The van der Waals surface area contributed by atoms with E-state index in [1.165, 1.54) is 32.1 Å². The quantitative estimate of drug-likeness (QED) is 0.886. The first-order valence-corrected chi connectivity index (χ1v) is 7.49. The Balaban J connectivity index is 1.51. The summed E-state index contributed by atoms with van der Waals surface area (Å²) in [5.74, 6) is 4.27. The van der Waals surface area contributed by atoms with Gasteiger partial charge in [-0.2, -0.15) is 5.10 Å². The lowest BCUT2D eigenvalue weighted by molar-refractivity contribution is -0.132. The number of nitrogens with zero attached hydrogens (tertiary/aromatic N) is 2. The highest BCUT2D eigenvalue weighted by atomic mass is 16.2. The van der Waals surface area contributed by atoms with Crippen LogP contribution in [0.5, 0.6) is 0 Å². The number of carbonyl (C=O) groups excluding carboxylic acids is 1. The van der Waals surface area contributed by atoms with E-state index < -0.39 is 0 Å². The molecule has 0 saturated heterocycles. The van der Waals surface area contributed by atoms with Gasteiger partial charge in [0, 0.05) is 25.2 Å². The molecule has 0 radical (unpaired) electrons. The van der Waals surface area contributed by atoms with E-state index in [2.05, 4.69) is 10.4 Å². The molecule has 1 aromatic rings. The van der Waals surface area contributed by atoms with Crippen molar-refractivity contribution in [2.24, 2.45) is 36.6 Å². The Morgan fingerprint density at radius 3 is 2.37 bits per heavy atom.